The molecule has 0 aliphatic carbocycles. The molecule has 1 aromatic heterocycles. The van der Waals surface area contributed by atoms with E-state index in [9.17, 15) is 18.6 Å². The Labute approximate surface area is 266 Å². The number of benzene rings is 3. The molecule has 0 amide bonds. The number of aromatic nitrogens is 2. The van der Waals surface area contributed by atoms with Crippen LogP contribution in [0, 0.1) is 0 Å². The molecule has 4 atom stereocenters. The van der Waals surface area contributed by atoms with Crippen LogP contribution in [0.1, 0.15) is 46.5 Å². The number of para-hydroxylation sites is 2. The molecular formula is C33H43N3O7SSi. The highest BCUT2D eigenvalue weighted by molar-refractivity contribution is 7.87. The van der Waals surface area contributed by atoms with Crippen molar-refractivity contribution in [1.29, 1.82) is 0 Å². The SMILES string of the molecule is CN(C)S(=O)(=O)n1c(C(O)[C@H]2OC(C)(C)O[C@@H]2[C@H](O)CO[Si](c2ccccc2)(c2ccccc2)C(C)(C)C)nc2ccccc21. The number of imidazole rings is 1. The third-order valence-corrected chi connectivity index (χ3v) is 15.0. The van der Waals surface area contributed by atoms with Gasteiger partial charge in [-0.05, 0) is 41.4 Å². The lowest BCUT2D eigenvalue weighted by Gasteiger charge is -2.43. The van der Waals surface area contributed by atoms with Gasteiger partial charge in [0.15, 0.2) is 11.6 Å². The molecule has 1 aliphatic heterocycles. The number of nitrogens with zero attached hydrogens (tertiary/aromatic N) is 3. The van der Waals surface area contributed by atoms with E-state index in [1.54, 1.807) is 38.1 Å². The largest absolute Gasteiger partial charge is 0.405 e. The zero-order chi connectivity index (χ0) is 32.8. The third kappa shape index (κ3) is 6.13. The van der Waals surface area contributed by atoms with Crippen LogP contribution in [0.15, 0.2) is 84.9 Å². The quantitative estimate of drug-likeness (QED) is 0.250. The van der Waals surface area contributed by atoms with E-state index in [1.165, 1.54) is 14.1 Å². The van der Waals surface area contributed by atoms with Gasteiger partial charge in [-0.3, -0.25) is 0 Å². The average molecular weight is 654 g/mol. The Hall–Kier alpha value is -2.94. The van der Waals surface area contributed by atoms with Gasteiger partial charge in [0, 0.05) is 14.1 Å². The summed E-state index contributed by atoms with van der Waals surface area (Å²) in [6.07, 6.45) is -5.04. The smallest absolute Gasteiger partial charge is 0.309 e. The van der Waals surface area contributed by atoms with Gasteiger partial charge in [-0.15, -0.1) is 0 Å². The standard InChI is InChI=1S/C33H43N3O7SSi/c1-32(2,3)45(23-16-10-8-11-17-23,24-18-12-9-13-19-24)41-22-27(37)29-30(43-33(4,5)42-29)28(38)31-34-25-20-14-15-21-26(25)36(31)44(39,40)35(6)7/h8-21,27-30,37-38H,22H2,1-7H3/t27-,28?,29-,30-/m1/s1. The van der Waals surface area contributed by atoms with Gasteiger partial charge in [0.25, 0.3) is 8.32 Å². The van der Waals surface area contributed by atoms with E-state index in [4.69, 9.17) is 13.9 Å². The first-order valence-electron chi connectivity index (χ1n) is 15.0. The summed E-state index contributed by atoms with van der Waals surface area (Å²) in [5.74, 6) is -1.33. The number of aliphatic hydroxyl groups excluding tert-OH is 2. The Balaban J connectivity index is 1.53. The van der Waals surface area contributed by atoms with Crippen LogP contribution >= 0.6 is 0 Å². The summed E-state index contributed by atoms with van der Waals surface area (Å²) in [6.45, 7) is 9.68. The Morgan fingerprint density at radius 3 is 1.96 bits per heavy atom. The van der Waals surface area contributed by atoms with Crippen LogP contribution in [0.25, 0.3) is 11.0 Å². The third-order valence-electron chi connectivity index (χ3n) is 8.24. The Morgan fingerprint density at radius 2 is 1.42 bits per heavy atom. The first-order chi connectivity index (χ1) is 21.1. The molecule has 10 nitrogen and oxygen atoms in total. The van der Waals surface area contributed by atoms with Crippen LogP contribution < -0.4 is 10.4 Å². The molecule has 0 bridgehead atoms. The van der Waals surface area contributed by atoms with Crippen molar-refractivity contribution in [3.8, 4) is 0 Å². The highest BCUT2D eigenvalue weighted by Gasteiger charge is 2.53. The summed E-state index contributed by atoms with van der Waals surface area (Å²) < 4.78 is 48.3. The highest BCUT2D eigenvalue weighted by atomic mass is 32.2. The second-order valence-corrected chi connectivity index (χ2v) is 19.4. The molecule has 0 radical (unpaired) electrons. The molecule has 5 rings (SSSR count). The van der Waals surface area contributed by atoms with Crippen LogP contribution in [0.4, 0.5) is 0 Å². The van der Waals surface area contributed by atoms with E-state index in [1.807, 2.05) is 36.4 Å². The molecule has 2 heterocycles. The molecule has 1 saturated heterocycles. The van der Waals surface area contributed by atoms with Crippen LogP contribution in [0.3, 0.4) is 0 Å². The Bertz CT molecular complexity index is 1680. The molecule has 0 saturated carbocycles. The number of rotatable bonds is 10. The van der Waals surface area contributed by atoms with Gasteiger partial charge in [-0.25, -0.2) is 8.96 Å². The molecule has 1 aliphatic rings. The fourth-order valence-electron chi connectivity index (χ4n) is 6.19. The summed E-state index contributed by atoms with van der Waals surface area (Å²) >= 11 is 0. The predicted molar refractivity (Wildman–Crippen MR) is 176 cm³/mol. The van der Waals surface area contributed by atoms with E-state index < -0.39 is 48.7 Å². The van der Waals surface area contributed by atoms with Crippen LogP contribution in [-0.4, -0.2) is 85.0 Å². The minimum atomic E-state index is -4.09. The lowest BCUT2D eigenvalue weighted by Crippen LogP contribution is -2.67. The topological polar surface area (TPSA) is 123 Å². The lowest BCUT2D eigenvalue weighted by atomic mass is 10.0. The van der Waals surface area contributed by atoms with Crippen molar-refractivity contribution in [2.75, 3.05) is 20.7 Å². The fourth-order valence-corrected chi connectivity index (χ4v) is 11.9. The van der Waals surface area contributed by atoms with Crippen LogP contribution in [-0.2, 0) is 24.1 Å². The van der Waals surface area contributed by atoms with Crippen molar-refractivity contribution in [3.63, 3.8) is 0 Å². The van der Waals surface area contributed by atoms with Crippen molar-refractivity contribution >= 4 is 39.9 Å². The van der Waals surface area contributed by atoms with Gasteiger partial charge in [0.05, 0.1) is 17.6 Å². The Kier molecular flexibility index (Phi) is 9.17. The Morgan fingerprint density at radius 1 is 0.911 bits per heavy atom. The second-order valence-electron chi connectivity index (χ2n) is 13.1. The van der Waals surface area contributed by atoms with Gasteiger partial charge in [0.2, 0.25) is 0 Å². The number of aliphatic hydroxyl groups is 2. The van der Waals surface area contributed by atoms with Gasteiger partial charge < -0.3 is 24.1 Å². The van der Waals surface area contributed by atoms with Crippen molar-refractivity contribution in [3.05, 3.63) is 90.8 Å². The molecule has 242 valence electrons. The first kappa shape index (κ1) is 33.4. The molecule has 1 fully saturated rings. The lowest BCUT2D eigenvalue weighted by molar-refractivity contribution is -0.162. The maximum Gasteiger partial charge on any atom is 0.309 e. The minimum Gasteiger partial charge on any atom is -0.405 e. The molecule has 45 heavy (non-hydrogen) atoms. The maximum absolute atomic E-state index is 13.5. The maximum atomic E-state index is 13.5. The fraction of sp³-hybridized carbons (Fsp3) is 0.424. The van der Waals surface area contributed by atoms with Crippen molar-refractivity contribution in [1.82, 2.24) is 13.3 Å². The van der Waals surface area contributed by atoms with Gasteiger partial charge in [-0.1, -0.05) is 93.6 Å². The molecule has 1 unspecified atom stereocenters. The first-order valence-corrected chi connectivity index (χ1v) is 18.3. The van der Waals surface area contributed by atoms with E-state index >= 15 is 0 Å². The van der Waals surface area contributed by atoms with E-state index in [-0.39, 0.29) is 17.5 Å². The normalized spacial score (nSPS) is 20.5. The highest BCUT2D eigenvalue weighted by Crippen LogP contribution is 2.40. The number of hydrogen-bond acceptors (Lipinski definition) is 8. The molecule has 0 spiro atoms. The molecular weight excluding hydrogens is 611 g/mol. The molecule has 2 N–H and O–H groups in total. The summed E-state index contributed by atoms with van der Waals surface area (Å²) in [7, 11) is -4.27. The molecule has 3 aromatic carbocycles. The number of fused-ring (bicyclic) bond motifs is 1. The van der Waals surface area contributed by atoms with E-state index in [2.05, 4.69) is 50.0 Å². The second kappa shape index (κ2) is 12.3. The van der Waals surface area contributed by atoms with Crippen molar-refractivity contribution in [2.24, 2.45) is 0 Å². The zero-order valence-electron chi connectivity index (χ0n) is 26.8. The molecule has 4 aromatic rings. The number of ether oxygens (including phenoxy) is 2. The van der Waals surface area contributed by atoms with Crippen LogP contribution in [0.2, 0.25) is 5.04 Å². The predicted octanol–water partition coefficient (Wildman–Crippen LogP) is 3.18. The summed E-state index contributed by atoms with van der Waals surface area (Å²) in [5.41, 5.74) is 0.702. The van der Waals surface area contributed by atoms with Crippen molar-refractivity contribution < 1.29 is 32.5 Å². The summed E-state index contributed by atoms with van der Waals surface area (Å²) in [6, 6.07) is 26.9. The average Bonchev–Trinajstić information content (AvgIpc) is 3.55. The summed E-state index contributed by atoms with van der Waals surface area (Å²) in [5, 5.41) is 25.3. The van der Waals surface area contributed by atoms with Gasteiger partial charge in [0.1, 0.15) is 24.4 Å². The molecule has 12 heteroatoms. The monoisotopic (exact) mass is 653 g/mol. The number of hydrogen-bond donors (Lipinski definition) is 2. The van der Waals surface area contributed by atoms with E-state index in [0.717, 1.165) is 18.7 Å². The van der Waals surface area contributed by atoms with Crippen molar-refractivity contribution in [2.45, 2.75) is 69.9 Å². The zero-order valence-corrected chi connectivity index (χ0v) is 28.6. The van der Waals surface area contributed by atoms with Crippen LogP contribution in [0.5, 0.6) is 0 Å². The van der Waals surface area contributed by atoms with Gasteiger partial charge >= 0.3 is 10.2 Å². The van der Waals surface area contributed by atoms with Gasteiger partial charge in [-0.2, -0.15) is 12.7 Å². The summed E-state index contributed by atoms with van der Waals surface area (Å²) in [4.78, 5) is 4.51. The van der Waals surface area contributed by atoms with E-state index in [0.29, 0.717) is 11.0 Å². The minimum absolute atomic E-state index is 0.118.